The third kappa shape index (κ3) is 4.95. The predicted molar refractivity (Wildman–Crippen MR) is 64.5 cm³/mol. The molecule has 0 aliphatic heterocycles. The van der Waals surface area contributed by atoms with Crippen LogP contribution < -0.4 is 5.32 Å². The largest absolute Gasteiger partial charge is 0.380 e. The highest BCUT2D eigenvalue weighted by molar-refractivity contribution is 5.94. The van der Waals surface area contributed by atoms with Crippen LogP contribution in [0.25, 0.3) is 0 Å². The van der Waals surface area contributed by atoms with E-state index in [0.29, 0.717) is 19.8 Å². The molecule has 94 valence electrons. The molecule has 1 aromatic rings. The van der Waals surface area contributed by atoms with Gasteiger partial charge in [0.2, 0.25) is 0 Å². The maximum absolute atomic E-state index is 13.2. The Morgan fingerprint density at radius 3 is 2.82 bits per heavy atom. The predicted octanol–water partition coefficient (Wildman–Crippen LogP) is 2.37. The summed E-state index contributed by atoms with van der Waals surface area (Å²) in [5.74, 6) is -0.904. The average molecular weight is 239 g/mol. The first-order valence-corrected chi connectivity index (χ1v) is 5.86. The van der Waals surface area contributed by atoms with Crippen molar-refractivity contribution in [3.63, 3.8) is 0 Å². The lowest BCUT2D eigenvalue weighted by Gasteiger charge is -2.06. The highest BCUT2D eigenvalue weighted by Gasteiger charge is 2.09. The van der Waals surface area contributed by atoms with Crippen molar-refractivity contribution >= 4 is 5.91 Å². The quantitative estimate of drug-likeness (QED) is 0.742. The minimum absolute atomic E-state index is 0.0704. The van der Waals surface area contributed by atoms with Crippen molar-refractivity contribution in [2.75, 3.05) is 19.8 Å². The van der Waals surface area contributed by atoms with Gasteiger partial charge >= 0.3 is 0 Å². The molecule has 0 heterocycles. The molecule has 1 aromatic carbocycles. The number of ether oxygens (including phenoxy) is 1. The zero-order valence-corrected chi connectivity index (χ0v) is 10.0. The fourth-order valence-corrected chi connectivity index (χ4v) is 1.33. The Morgan fingerprint density at radius 2 is 2.12 bits per heavy atom. The summed E-state index contributed by atoms with van der Waals surface area (Å²) in [5, 5.41) is 2.61. The van der Waals surface area contributed by atoms with Gasteiger partial charge in [0.25, 0.3) is 5.91 Å². The van der Waals surface area contributed by atoms with Crippen LogP contribution in [-0.2, 0) is 4.74 Å². The van der Waals surface area contributed by atoms with Crippen molar-refractivity contribution in [3.8, 4) is 0 Å². The summed E-state index contributed by atoms with van der Waals surface area (Å²) in [6.45, 7) is 3.65. The van der Waals surface area contributed by atoms with Gasteiger partial charge in [-0.25, -0.2) is 4.39 Å². The summed E-state index contributed by atoms with van der Waals surface area (Å²) in [7, 11) is 0. The third-order valence-electron chi connectivity index (χ3n) is 2.29. The number of halogens is 1. The van der Waals surface area contributed by atoms with Gasteiger partial charge in [-0.2, -0.15) is 0 Å². The van der Waals surface area contributed by atoms with Gasteiger partial charge in [0, 0.05) is 13.2 Å². The standard InChI is InChI=1S/C13H18FNO2/c1-2-3-9-17-10-8-15-13(16)11-6-4-5-7-12(11)14/h4-7H,2-3,8-10H2,1H3,(H,15,16). The number of nitrogens with one attached hydrogen (secondary N) is 1. The Kier molecular flexibility index (Phi) is 6.25. The molecular weight excluding hydrogens is 221 g/mol. The number of benzene rings is 1. The second-order valence-electron chi connectivity index (χ2n) is 3.70. The molecule has 1 N–H and O–H groups in total. The zero-order valence-electron chi connectivity index (χ0n) is 10.0. The maximum Gasteiger partial charge on any atom is 0.254 e. The second-order valence-corrected chi connectivity index (χ2v) is 3.70. The Hall–Kier alpha value is -1.42. The molecule has 0 unspecified atom stereocenters. The Balaban J connectivity index is 2.24. The van der Waals surface area contributed by atoms with Gasteiger partial charge in [0.15, 0.2) is 0 Å². The molecule has 1 amide bonds. The van der Waals surface area contributed by atoms with Gasteiger partial charge < -0.3 is 10.1 Å². The summed E-state index contributed by atoms with van der Waals surface area (Å²) in [4.78, 5) is 11.5. The van der Waals surface area contributed by atoms with Crippen molar-refractivity contribution in [2.45, 2.75) is 19.8 Å². The average Bonchev–Trinajstić information content (AvgIpc) is 2.34. The van der Waals surface area contributed by atoms with E-state index in [9.17, 15) is 9.18 Å². The van der Waals surface area contributed by atoms with E-state index in [4.69, 9.17) is 4.74 Å². The topological polar surface area (TPSA) is 38.3 Å². The van der Waals surface area contributed by atoms with Crippen LogP contribution in [0.2, 0.25) is 0 Å². The molecule has 0 fully saturated rings. The second kappa shape index (κ2) is 7.79. The number of rotatable bonds is 7. The number of hydrogen-bond acceptors (Lipinski definition) is 2. The number of unbranched alkanes of at least 4 members (excludes halogenated alkanes) is 1. The van der Waals surface area contributed by atoms with Crippen molar-refractivity contribution in [1.82, 2.24) is 5.32 Å². The molecule has 0 saturated carbocycles. The summed E-state index contributed by atoms with van der Waals surface area (Å²) in [6.07, 6.45) is 2.10. The number of carbonyl (C=O) groups excluding carboxylic acids is 1. The summed E-state index contributed by atoms with van der Waals surface area (Å²) < 4.78 is 18.5. The molecule has 3 nitrogen and oxygen atoms in total. The van der Waals surface area contributed by atoms with Crippen LogP contribution in [0.5, 0.6) is 0 Å². The smallest absolute Gasteiger partial charge is 0.254 e. The van der Waals surface area contributed by atoms with Gasteiger partial charge in [-0.3, -0.25) is 4.79 Å². The van der Waals surface area contributed by atoms with Gasteiger partial charge in [0.1, 0.15) is 5.82 Å². The van der Waals surface area contributed by atoms with E-state index in [2.05, 4.69) is 12.2 Å². The molecule has 0 atom stereocenters. The van der Waals surface area contributed by atoms with E-state index in [1.807, 2.05) is 0 Å². The van der Waals surface area contributed by atoms with E-state index >= 15 is 0 Å². The molecule has 1 rings (SSSR count). The van der Waals surface area contributed by atoms with Crippen LogP contribution in [0.1, 0.15) is 30.1 Å². The Bertz CT molecular complexity index is 355. The highest BCUT2D eigenvalue weighted by atomic mass is 19.1. The highest BCUT2D eigenvalue weighted by Crippen LogP contribution is 2.05. The van der Waals surface area contributed by atoms with E-state index in [0.717, 1.165) is 12.8 Å². The first-order valence-electron chi connectivity index (χ1n) is 5.86. The van der Waals surface area contributed by atoms with Crippen molar-refractivity contribution in [3.05, 3.63) is 35.6 Å². The van der Waals surface area contributed by atoms with Crippen LogP contribution >= 0.6 is 0 Å². The number of hydrogen-bond donors (Lipinski definition) is 1. The molecule has 0 spiro atoms. The SMILES string of the molecule is CCCCOCCNC(=O)c1ccccc1F. The van der Waals surface area contributed by atoms with Crippen molar-refractivity contribution in [2.24, 2.45) is 0 Å². The molecule has 17 heavy (non-hydrogen) atoms. The Morgan fingerprint density at radius 1 is 1.35 bits per heavy atom. The summed E-state index contributed by atoms with van der Waals surface area (Å²) >= 11 is 0. The number of amides is 1. The first-order chi connectivity index (χ1) is 8.25. The lowest BCUT2D eigenvalue weighted by Crippen LogP contribution is -2.28. The van der Waals surface area contributed by atoms with E-state index < -0.39 is 11.7 Å². The molecule has 0 bridgehead atoms. The molecule has 0 radical (unpaired) electrons. The van der Waals surface area contributed by atoms with E-state index in [-0.39, 0.29) is 5.56 Å². The van der Waals surface area contributed by atoms with Crippen molar-refractivity contribution < 1.29 is 13.9 Å². The van der Waals surface area contributed by atoms with Crippen LogP contribution in [-0.4, -0.2) is 25.7 Å². The summed E-state index contributed by atoms with van der Waals surface area (Å²) in [5.41, 5.74) is 0.0704. The molecule has 0 aromatic heterocycles. The molecule has 0 aliphatic carbocycles. The molecule has 0 aliphatic rings. The van der Waals surface area contributed by atoms with Crippen LogP contribution in [0.3, 0.4) is 0 Å². The molecular formula is C13H18FNO2. The van der Waals surface area contributed by atoms with Crippen LogP contribution in [0.15, 0.2) is 24.3 Å². The molecule has 4 heteroatoms. The maximum atomic E-state index is 13.2. The third-order valence-corrected chi connectivity index (χ3v) is 2.29. The Labute approximate surface area is 101 Å². The van der Waals surface area contributed by atoms with Gasteiger partial charge in [-0.05, 0) is 18.6 Å². The van der Waals surface area contributed by atoms with Gasteiger partial charge in [-0.1, -0.05) is 25.5 Å². The summed E-state index contributed by atoms with van der Waals surface area (Å²) in [6, 6.07) is 5.92. The van der Waals surface area contributed by atoms with Gasteiger partial charge in [0.05, 0.1) is 12.2 Å². The van der Waals surface area contributed by atoms with Crippen LogP contribution in [0.4, 0.5) is 4.39 Å². The van der Waals surface area contributed by atoms with E-state index in [1.54, 1.807) is 12.1 Å². The first kappa shape index (κ1) is 13.6. The zero-order chi connectivity index (χ0) is 12.5. The lowest BCUT2D eigenvalue weighted by molar-refractivity contribution is 0.0909. The monoisotopic (exact) mass is 239 g/mol. The minimum atomic E-state index is -0.503. The number of carbonyl (C=O) groups is 1. The lowest BCUT2D eigenvalue weighted by atomic mass is 10.2. The van der Waals surface area contributed by atoms with E-state index in [1.165, 1.54) is 12.1 Å². The fraction of sp³-hybridized carbons (Fsp3) is 0.462. The normalized spacial score (nSPS) is 10.2. The fourth-order valence-electron chi connectivity index (χ4n) is 1.33. The van der Waals surface area contributed by atoms with Crippen LogP contribution in [0, 0.1) is 5.82 Å². The van der Waals surface area contributed by atoms with Crippen molar-refractivity contribution in [1.29, 1.82) is 0 Å². The minimum Gasteiger partial charge on any atom is -0.380 e. The van der Waals surface area contributed by atoms with Gasteiger partial charge in [-0.15, -0.1) is 0 Å². The molecule has 0 saturated heterocycles.